The van der Waals surface area contributed by atoms with E-state index in [1.54, 1.807) is 6.08 Å². The van der Waals surface area contributed by atoms with E-state index in [1.807, 2.05) is 24.3 Å². The van der Waals surface area contributed by atoms with Crippen LogP contribution in [-0.2, 0) is 9.53 Å². The van der Waals surface area contributed by atoms with Crippen LogP contribution in [0.3, 0.4) is 0 Å². The topological polar surface area (TPSA) is 42.1 Å². The quantitative estimate of drug-likeness (QED) is 0.559. The lowest BCUT2D eigenvalue weighted by Gasteiger charge is -1.95. The first-order valence-corrected chi connectivity index (χ1v) is 6.04. The summed E-state index contributed by atoms with van der Waals surface area (Å²) in [4.78, 5) is 14.5. The highest BCUT2D eigenvalue weighted by Crippen LogP contribution is 2.26. The number of esters is 1. The molecule has 3 nitrogen and oxygen atoms in total. The molecule has 2 aromatic carbocycles. The zero-order valence-electron chi connectivity index (χ0n) is 10.5. The third-order valence-electron chi connectivity index (χ3n) is 3.14. The number of nitrogens with one attached hydrogen (secondary N) is 1. The molecule has 3 heteroatoms. The second-order valence-electron chi connectivity index (χ2n) is 4.33. The Morgan fingerprint density at radius 3 is 2.74 bits per heavy atom. The monoisotopic (exact) mass is 251 g/mol. The van der Waals surface area contributed by atoms with Gasteiger partial charge in [0.2, 0.25) is 0 Å². The van der Waals surface area contributed by atoms with E-state index in [-0.39, 0.29) is 5.97 Å². The number of fused-ring (bicyclic) bond motifs is 3. The van der Waals surface area contributed by atoms with Gasteiger partial charge < -0.3 is 9.72 Å². The molecule has 3 aromatic rings. The number of hydrogen-bond acceptors (Lipinski definition) is 2. The number of carbonyl (C=O) groups excluding carboxylic acids is 1. The number of ether oxygens (including phenoxy) is 1. The van der Waals surface area contributed by atoms with Gasteiger partial charge in [-0.15, -0.1) is 0 Å². The van der Waals surface area contributed by atoms with Crippen LogP contribution in [0.5, 0.6) is 0 Å². The molecular formula is C16H13NO2. The molecule has 0 radical (unpaired) electrons. The van der Waals surface area contributed by atoms with Crippen LogP contribution in [0.1, 0.15) is 5.56 Å². The van der Waals surface area contributed by atoms with E-state index >= 15 is 0 Å². The van der Waals surface area contributed by atoms with Crippen LogP contribution in [0.15, 0.2) is 48.5 Å². The molecule has 19 heavy (non-hydrogen) atoms. The van der Waals surface area contributed by atoms with E-state index in [9.17, 15) is 4.79 Å². The minimum absolute atomic E-state index is 0.348. The minimum Gasteiger partial charge on any atom is -0.466 e. The van der Waals surface area contributed by atoms with Crippen LogP contribution in [0.4, 0.5) is 0 Å². The van der Waals surface area contributed by atoms with E-state index in [0.29, 0.717) is 0 Å². The average Bonchev–Trinajstić information content (AvgIpc) is 2.82. The lowest BCUT2D eigenvalue weighted by atomic mass is 10.1. The summed E-state index contributed by atoms with van der Waals surface area (Å²) in [5.41, 5.74) is 3.19. The summed E-state index contributed by atoms with van der Waals surface area (Å²) in [6.07, 6.45) is 3.18. The lowest BCUT2D eigenvalue weighted by molar-refractivity contribution is -0.134. The van der Waals surface area contributed by atoms with Gasteiger partial charge in [0.1, 0.15) is 0 Å². The van der Waals surface area contributed by atoms with Crippen LogP contribution in [0, 0.1) is 0 Å². The van der Waals surface area contributed by atoms with Crippen molar-refractivity contribution in [1.82, 2.24) is 4.98 Å². The number of aromatic amines is 1. The maximum atomic E-state index is 11.1. The van der Waals surface area contributed by atoms with E-state index in [1.165, 1.54) is 18.6 Å². The number of aromatic nitrogens is 1. The fraction of sp³-hybridized carbons (Fsp3) is 0.0625. The number of H-pyrrole nitrogens is 1. The van der Waals surface area contributed by atoms with E-state index < -0.39 is 0 Å². The number of methoxy groups -OCH3 is 1. The molecule has 0 unspecified atom stereocenters. The Morgan fingerprint density at radius 2 is 1.89 bits per heavy atom. The molecule has 0 aliphatic rings. The molecule has 0 atom stereocenters. The second-order valence-corrected chi connectivity index (χ2v) is 4.33. The standard InChI is InChI=1S/C16H13NO2/c1-19-16(18)9-7-11-6-8-15-13(10-11)12-4-2-3-5-14(12)17-15/h2-10,17H,1H3/b9-7+. The SMILES string of the molecule is COC(=O)/C=C/c1ccc2[nH]c3ccccc3c2c1. The first-order chi connectivity index (χ1) is 9.28. The van der Waals surface area contributed by atoms with Gasteiger partial charge in [0.25, 0.3) is 0 Å². The molecule has 0 amide bonds. The van der Waals surface area contributed by atoms with Crippen molar-refractivity contribution in [2.45, 2.75) is 0 Å². The van der Waals surface area contributed by atoms with E-state index in [2.05, 4.69) is 27.9 Å². The molecule has 3 rings (SSSR count). The Hall–Kier alpha value is -2.55. The zero-order chi connectivity index (χ0) is 13.2. The predicted molar refractivity (Wildman–Crippen MR) is 76.9 cm³/mol. The molecule has 0 spiro atoms. The molecule has 0 saturated carbocycles. The van der Waals surface area contributed by atoms with Gasteiger partial charge in [-0.1, -0.05) is 24.3 Å². The van der Waals surface area contributed by atoms with Gasteiger partial charge in [-0.25, -0.2) is 4.79 Å². The molecule has 0 fully saturated rings. The van der Waals surface area contributed by atoms with Crippen LogP contribution in [0.25, 0.3) is 27.9 Å². The lowest BCUT2D eigenvalue weighted by Crippen LogP contribution is -1.93. The van der Waals surface area contributed by atoms with Crippen molar-refractivity contribution in [2.24, 2.45) is 0 Å². The largest absolute Gasteiger partial charge is 0.466 e. The van der Waals surface area contributed by atoms with Gasteiger partial charge in [-0.2, -0.15) is 0 Å². The van der Waals surface area contributed by atoms with Gasteiger partial charge in [0.15, 0.2) is 0 Å². The highest BCUT2D eigenvalue weighted by molar-refractivity contribution is 6.07. The fourth-order valence-electron chi connectivity index (χ4n) is 2.20. The average molecular weight is 251 g/mol. The van der Waals surface area contributed by atoms with Gasteiger partial charge in [-0.3, -0.25) is 0 Å². The summed E-state index contributed by atoms with van der Waals surface area (Å²) in [5, 5.41) is 2.34. The molecule has 1 heterocycles. The maximum absolute atomic E-state index is 11.1. The number of para-hydroxylation sites is 1. The highest BCUT2D eigenvalue weighted by Gasteiger charge is 2.03. The molecule has 0 saturated heterocycles. The smallest absolute Gasteiger partial charge is 0.330 e. The fourth-order valence-corrected chi connectivity index (χ4v) is 2.20. The summed E-state index contributed by atoms with van der Waals surface area (Å²) in [6, 6.07) is 14.2. The Bertz CT molecular complexity index is 784. The summed E-state index contributed by atoms with van der Waals surface area (Å²) in [6.45, 7) is 0. The van der Waals surface area contributed by atoms with Crippen molar-refractivity contribution >= 4 is 33.9 Å². The van der Waals surface area contributed by atoms with Crippen molar-refractivity contribution < 1.29 is 9.53 Å². The van der Waals surface area contributed by atoms with Crippen molar-refractivity contribution in [1.29, 1.82) is 0 Å². The van der Waals surface area contributed by atoms with Crippen molar-refractivity contribution in [2.75, 3.05) is 7.11 Å². The van der Waals surface area contributed by atoms with E-state index in [4.69, 9.17) is 0 Å². The Kier molecular flexibility index (Phi) is 2.80. The molecule has 1 aromatic heterocycles. The normalized spacial score (nSPS) is 11.4. The number of benzene rings is 2. The number of rotatable bonds is 2. The van der Waals surface area contributed by atoms with Gasteiger partial charge >= 0.3 is 5.97 Å². The number of carbonyl (C=O) groups is 1. The third kappa shape index (κ3) is 2.10. The molecule has 0 bridgehead atoms. The van der Waals surface area contributed by atoms with E-state index in [0.717, 1.165) is 22.0 Å². The number of hydrogen-bond donors (Lipinski definition) is 1. The van der Waals surface area contributed by atoms with Gasteiger partial charge in [-0.05, 0) is 29.8 Å². The molecule has 1 N–H and O–H groups in total. The van der Waals surface area contributed by atoms with Crippen molar-refractivity contribution in [3.8, 4) is 0 Å². The molecule has 0 aliphatic carbocycles. The Labute approximate surface area is 110 Å². The third-order valence-corrected chi connectivity index (χ3v) is 3.14. The molecule has 0 aliphatic heterocycles. The summed E-state index contributed by atoms with van der Waals surface area (Å²) in [7, 11) is 1.37. The summed E-state index contributed by atoms with van der Waals surface area (Å²) < 4.78 is 4.58. The Morgan fingerprint density at radius 1 is 1.11 bits per heavy atom. The second kappa shape index (κ2) is 4.61. The summed E-state index contributed by atoms with van der Waals surface area (Å²) in [5.74, 6) is -0.348. The van der Waals surface area contributed by atoms with Crippen molar-refractivity contribution in [3.63, 3.8) is 0 Å². The van der Waals surface area contributed by atoms with Crippen LogP contribution >= 0.6 is 0 Å². The molecule has 94 valence electrons. The van der Waals surface area contributed by atoms with Gasteiger partial charge in [0.05, 0.1) is 7.11 Å². The first kappa shape index (κ1) is 11.5. The molecular weight excluding hydrogens is 238 g/mol. The first-order valence-electron chi connectivity index (χ1n) is 6.04. The zero-order valence-corrected chi connectivity index (χ0v) is 10.5. The highest BCUT2D eigenvalue weighted by atomic mass is 16.5. The van der Waals surface area contributed by atoms with Gasteiger partial charge in [0, 0.05) is 27.9 Å². The summed E-state index contributed by atoms with van der Waals surface area (Å²) >= 11 is 0. The minimum atomic E-state index is -0.348. The van der Waals surface area contributed by atoms with Crippen molar-refractivity contribution in [3.05, 3.63) is 54.1 Å². The Balaban J connectivity index is 2.11. The predicted octanol–water partition coefficient (Wildman–Crippen LogP) is 3.51. The van der Waals surface area contributed by atoms with Crippen LogP contribution < -0.4 is 0 Å². The van der Waals surface area contributed by atoms with Crippen LogP contribution in [0.2, 0.25) is 0 Å². The maximum Gasteiger partial charge on any atom is 0.330 e. The van der Waals surface area contributed by atoms with Crippen LogP contribution in [-0.4, -0.2) is 18.1 Å².